The molecule has 7 heteroatoms. The van der Waals surface area contributed by atoms with Gasteiger partial charge in [0.05, 0.1) is 10.7 Å². The average molecular weight is 462 g/mol. The van der Waals surface area contributed by atoms with Crippen molar-refractivity contribution in [3.05, 3.63) is 74.7 Å². The topological polar surface area (TPSA) is 58.6 Å². The van der Waals surface area contributed by atoms with Crippen LogP contribution in [0.2, 0.25) is 10.0 Å². The summed E-state index contributed by atoms with van der Waals surface area (Å²) < 4.78 is 6.52. The van der Waals surface area contributed by atoms with Gasteiger partial charge in [0, 0.05) is 26.8 Å². The quantitative estimate of drug-likeness (QED) is 0.333. The van der Waals surface area contributed by atoms with E-state index in [4.69, 9.17) is 27.6 Å². The summed E-state index contributed by atoms with van der Waals surface area (Å²) in [7, 11) is 0. The number of aliphatic imine (C=N–C) groups is 1. The van der Waals surface area contributed by atoms with E-state index in [0.717, 1.165) is 10.0 Å². The Morgan fingerprint density at radius 3 is 2.59 bits per heavy atom. The van der Waals surface area contributed by atoms with E-state index in [1.54, 1.807) is 36.5 Å². The average Bonchev–Trinajstić information content (AvgIpc) is 3.07. The molecule has 1 aromatic heterocycles. The Bertz CT molecular complexity index is 1170. The molecule has 0 aliphatic heterocycles. The van der Waals surface area contributed by atoms with E-state index < -0.39 is 0 Å². The van der Waals surface area contributed by atoms with Gasteiger partial charge in [0.25, 0.3) is 0 Å². The summed E-state index contributed by atoms with van der Waals surface area (Å²) in [5.74, 6) is 0.504. The highest BCUT2D eigenvalue weighted by molar-refractivity contribution is 9.10. The van der Waals surface area contributed by atoms with Gasteiger partial charge < -0.3 is 9.52 Å². The number of hydrogen-bond acceptors (Lipinski definition) is 4. The molecule has 0 spiro atoms. The Balaban J connectivity index is 1.60. The fourth-order valence-electron chi connectivity index (χ4n) is 2.54. The Morgan fingerprint density at radius 2 is 1.81 bits per heavy atom. The maximum absolute atomic E-state index is 10.0. The summed E-state index contributed by atoms with van der Waals surface area (Å²) in [5, 5.41) is 10.9. The normalized spacial score (nSPS) is 11.5. The Labute approximate surface area is 173 Å². The van der Waals surface area contributed by atoms with Gasteiger partial charge in [-0.25, -0.2) is 4.98 Å². The molecule has 134 valence electrons. The van der Waals surface area contributed by atoms with E-state index in [2.05, 4.69) is 25.9 Å². The lowest BCUT2D eigenvalue weighted by atomic mass is 10.2. The minimum absolute atomic E-state index is 0.00891. The van der Waals surface area contributed by atoms with Crippen LogP contribution in [0.15, 0.2) is 68.5 Å². The van der Waals surface area contributed by atoms with Crippen molar-refractivity contribution >= 4 is 62.1 Å². The summed E-state index contributed by atoms with van der Waals surface area (Å²) in [6.45, 7) is 0. The highest BCUT2D eigenvalue weighted by atomic mass is 79.9. The van der Waals surface area contributed by atoms with Gasteiger partial charge in [-0.05, 0) is 54.6 Å². The number of aromatic nitrogens is 1. The number of nitrogens with zero attached hydrogens (tertiary/aromatic N) is 2. The van der Waals surface area contributed by atoms with E-state index in [1.807, 2.05) is 24.3 Å². The fraction of sp³-hybridized carbons (Fsp3) is 0. The van der Waals surface area contributed by atoms with Crippen molar-refractivity contribution in [2.45, 2.75) is 0 Å². The van der Waals surface area contributed by atoms with Crippen LogP contribution in [0.25, 0.3) is 22.6 Å². The van der Waals surface area contributed by atoms with Crippen molar-refractivity contribution < 1.29 is 9.52 Å². The zero-order valence-electron chi connectivity index (χ0n) is 13.7. The SMILES string of the molecule is Oc1c(Cl)cc(Br)cc1C=Nc1ccc(-c2nc3cc(Cl)ccc3o2)cc1. The lowest BCUT2D eigenvalue weighted by Crippen LogP contribution is -1.84. The summed E-state index contributed by atoms with van der Waals surface area (Å²) in [5.41, 5.74) is 3.46. The first-order chi connectivity index (χ1) is 13.0. The number of rotatable bonds is 3. The number of fused-ring (bicyclic) bond motifs is 1. The molecule has 0 saturated carbocycles. The largest absolute Gasteiger partial charge is 0.506 e. The van der Waals surface area contributed by atoms with Gasteiger partial charge in [-0.3, -0.25) is 4.99 Å². The molecule has 0 amide bonds. The zero-order chi connectivity index (χ0) is 19.0. The monoisotopic (exact) mass is 460 g/mol. The molecule has 0 radical (unpaired) electrons. The molecule has 0 aliphatic rings. The standard InChI is InChI=1S/C20H11BrCl2N2O2/c21-13-7-12(19(26)16(23)8-13)10-24-15-4-1-11(2-5-15)20-25-17-9-14(22)3-6-18(17)27-20/h1-10,26H. The molecule has 3 aromatic carbocycles. The third-order valence-corrected chi connectivity index (χ3v) is 4.86. The molecule has 0 atom stereocenters. The van der Waals surface area contributed by atoms with Crippen molar-refractivity contribution in [3.63, 3.8) is 0 Å². The minimum Gasteiger partial charge on any atom is -0.506 e. The molecular formula is C20H11BrCl2N2O2. The number of aromatic hydroxyl groups is 1. The minimum atomic E-state index is -0.00891. The van der Waals surface area contributed by atoms with Gasteiger partial charge in [0.2, 0.25) is 5.89 Å². The maximum Gasteiger partial charge on any atom is 0.227 e. The molecule has 4 nitrogen and oxygen atoms in total. The first-order valence-electron chi connectivity index (χ1n) is 7.88. The van der Waals surface area contributed by atoms with Crippen LogP contribution in [0.3, 0.4) is 0 Å². The second-order valence-electron chi connectivity index (χ2n) is 5.76. The molecule has 0 saturated heterocycles. The predicted octanol–water partition coefficient (Wildman–Crippen LogP) is 7.02. The smallest absolute Gasteiger partial charge is 0.227 e. The van der Waals surface area contributed by atoms with E-state index in [9.17, 15) is 5.11 Å². The Kier molecular flexibility index (Phi) is 4.91. The van der Waals surface area contributed by atoms with Crippen molar-refractivity contribution in [2.24, 2.45) is 4.99 Å². The van der Waals surface area contributed by atoms with Crippen molar-refractivity contribution in [3.8, 4) is 17.2 Å². The molecule has 0 bridgehead atoms. The molecule has 4 aromatic rings. The van der Waals surface area contributed by atoms with Crippen LogP contribution in [0.1, 0.15) is 5.56 Å². The van der Waals surface area contributed by atoms with E-state index in [0.29, 0.717) is 33.3 Å². The molecule has 27 heavy (non-hydrogen) atoms. The van der Waals surface area contributed by atoms with E-state index in [-0.39, 0.29) is 10.8 Å². The first kappa shape index (κ1) is 18.0. The number of phenols is 1. The highest BCUT2D eigenvalue weighted by Gasteiger charge is 2.09. The summed E-state index contributed by atoms with van der Waals surface area (Å²) >= 11 is 15.3. The van der Waals surface area contributed by atoms with Crippen LogP contribution in [-0.4, -0.2) is 16.3 Å². The van der Waals surface area contributed by atoms with Crippen LogP contribution in [0.5, 0.6) is 5.75 Å². The first-order valence-corrected chi connectivity index (χ1v) is 9.43. The van der Waals surface area contributed by atoms with E-state index >= 15 is 0 Å². The van der Waals surface area contributed by atoms with Gasteiger partial charge in [-0.15, -0.1) is 0 Å². The van der Waals surface area contributed by atoms with Crippen molar-refractivity contribution in [1.29, 1.82) is 0 Å². The van der Waals surface area contributed by atoms with Crippen LogP contribution >= 0.6 is 39.1 Å². The number of oxazole rings is 1. The fourth-order valence-corrected chi connectivity index (χ4v) is 3.54. The summed E-state index contributed by atoms with van der Waals surface area (Å²) in [4.78, 5) is 8.83. The number of halogens is 3. The molecule has 1 N–H and O–H groups in total. The van der Waals surface area contributed by atoms with E-state index in [1.165, 1.54) is 0 Å². The van der Waals surface area contributed by atoms with Crippen LogP contribution in [0.4, 0.5) is 5.69 Å². The Hall–Kier alpha value is -2.34. The molecular weight excluding hydrogens is 451 g/mol. The predicted molar refractivity (Wildman–Crippen MR) is 113 cm³/mol. The molecule has 0 unspecified atom stereocenters. The maximum atomic E-state index is 10.0. The van der Waals surface area contributed by atoms with Crippen molar-refractivity contribution in [1.82, 2.24) is 4.98 Å². The third-order valence-electron chi connectivity index (χ3n) is 3.87. The molecule has 4 rings (SSSR count). The molecule has 1 heterocycles. The van der Waals surface area contributed by atoms with Gasteiger partial charge in [-0.1, -0.05) is 39.1 Å². The summed E-state index contributed by atoms with van der Waals surface area (Å²) in [6.07, 6.45) is 1.56. The van der Waals surface area contributed by atoms with Gasteiger partial charge in [0.1, 0.15) is 11.3 Å². The van der Waals surface area contributed by atoms with Gasteiger partial charge >= 0.3 is 0 Å². The lowest BCUT2D eigenvalue weighted by Gasteiger charge is -2.02. The number of benzene rings is 3. The van der Waals surface area contributed by atoms with Crippen LogP contribution < -0.4 is 0 Å². The van der Waals surface area contributed by atoms with Crippen molar-refractivity contribution in [2.75, 3.05) is 0 Å². The lowest BCUT2D eigenvalue weighted by molar-refractivity contribution is 0.474. The molecule has 0 aliphatic carbocycles. The number of hydrogen-bond donors (Lipinski definition) is 1. The third kappa shape index (κ3) is 3.86. The van der Waals surface area contributed by atoms with Gasteiger partial charge in [0.15, 0.2) is 5.58 Å². The second kappa shape index (κ2) is 7.35. The zero-order valence-corrected chi connectivity index (χ0v) is 16.8. The summed E-state index contributed by atoms with van der Waals surface area (Å²) in [6, 6.07) is 16.1. The van der Waals surface area contributed by atoms with Crippen LogP contribution in [-0.2, 0) is 0 Å². The van der Waals surface area contributed by atoms with Gasteiger partial charge in [-0.2, -0.15) is 0 Å². The Morgan fingerprint density at radius 1 is 1.04 bits per heavy atom. The molecule has 0 fully saturated rings. The highest BCUT2D eigenvalue weighted by Crippen LogP contribution is 2.31. The second-order valence-corrected chi connectivity index (χ2v) is 7.52. The van der Waals surface area contributed by atoms with Crippen LogP contribution in [0, 0.1) is 0 Å². The number of phenolic OH excluding ortho intramolecular Hbond substituents is 1.